The first-order valence-electron chi connectivity index (χ1n) is 23.0. The van der Waals surface area contributed by atoms with Crippen LogP contribution in [0.2, 0.25) is 0 Å². The van der Waals surface area contributed by atoms with Gasteiger partial charge in [-0.3, -0.25) is 24.0 Å². The molecular formula is C51H67N3O10. The predicted octanol–water partition coefficient (Wildman–Crippen LogP) is 7.34. The molecule has 13 heteroatoms. The first-order chi connectivity index (χ1) is 30.1. The van der Waals surface area contributed by atoms with Crippen molar-refractivity contribution in [3.05, 3.63) is 83.1 Å². The number of aliphatic hydroxyl groups is 2. The van der Waals surface area contributed by atoms with Gasteiger partial charge in [-0.2, -0.15) is 0 Å². The molecule has 4 N–H and O–H groups in total. The van der Waals surface area contributed by atoms with Gasteiger partial charge in [-0.15, -0.1) is 0 Å². The van der Waals surface area contributed by atoms with E-state index in [1.165, 1.54) is 31.9 Å². The number of aromatic nitrogens is 1. The molecule has 3 saturated carbocycles. The largest absolute Gasteiger partial charge is 0.459 e. The fraction of sp³-hybridized carbons (Fsp3) is 0.588. The molecule has 0 saturated heterocycles. The lowest BCUT2D eigenvalue weighted by Crippen LogP contribution is -2.63. The lowest BCUT2D eigenvalue weighted by atomic mass is 9.47. The first kappa shape index (κ1) is 47.0. The molecule has 7 rings (SSSR count). The van der Waals surface area contributed by atoms with Crippen molar-refractivity contribution in [2.75, 3.05) is 6.54 Å². The summed E-state index contributed by atoms with van der Waals surface area (Å²) < 4.78 is 17.8. The van der Waals surface area contributed by atoms with E-state index in [1.807, 2.05) is 60.7 Å². The van der Waals surface area contributed by atoms with Crippen molar-refractivity contribution in [2.24, 2.45) is 28.6 Å². The van der Waals surface area contributed by atoms with E-state index in [2.05, 4.69) is 24.1 Å². The third-order valence-corrected chi connectivity index (χ3v) is 15.4. The summed E-state index contributed by atoms with van der Waals surface area (Å²) in [6.07, 6.45) is 2.12. The van der Waals surface area contributed by atoms with E-state index in [0.717, 1.165) is 29.3 Å². The molecule has 0 spiro atoms. The summed E-state index contributed by atoms with van der Waals surface area (Å²) in [5.41, 5.74) is 0.863. The van der Waals surface area contributed by atoms with Crippen molar-refractivity contribution >= 4 is 40.6 Å². The number of rotatable bonds is 14. The quantitative estimate of drug-likeness (QED) is 0.0726. The number of ether oxygens (including phenoxy) is 3. The summed E-state index contributed by atoms with van der Waals surface area (Å²) in [7, 11) is 0. The summed E-state index contributed by atoms with van der Waals surface area (Å²) >= 11 is 0. The summed E-state index contributed by atoms with van der Waals surface area (Å²) in [6, 6.07) is 18.5. The Bertz CT molecular complexity index is 2240. The van der Waals surface area contributed by atoms with E-state index < -0.39 is 64.3 Å². The molecule has 4 aliphatic carbocycles. The molecule has 0 radical (unpaired) electrons. The molecule has 0 aliphatic heterocycles. The number of fused-ring (bicyclic) bond motifs is 5. The highest BCUT2D eigenvalue weighted by atomic mass is 16.6. The van der Waals surface area contributed by atoms with Gasteiger partial charge in [-0.1, -0.05) is 73.5 Å². The monoisotopic (exact) mass is 881 g/mol. The number of amides is 2. The number of esters is 3. The van der Waals surface area contributed by atoms with Crippen molar-refractivity contribution in [2.45, 2.75) is 155 Å². The van der Waals surface area contributed by atoms with Crippen LogP contribution < -0.4 is 5.32 Å². The molecule has 1 heterocycles. The van der Waals surface area contributed by atoms with Crippen LogP contribution in [0.25, 0.3) is 10.9 Å². The van der Waals surface area contributed by atoms with Gasteiger partial charge in [-0.25, -0.2) is 0 Å². The molecule has 2 amide bonds. The predicted molar refractivity (Wildman–Crippen MR) is 240 cm³/mol. The van der Waals surface area contributed by atoms with Gasteiger partial charge in [0.15, 0.2) is 0 Å². The highest BCUT2D eigenvalue weighted by molar-refractivity contribution is 5.99. The molecule has 4 aliphatic rings. The van der Waals surface area contributed by atoms with E-state index in [9.17, 15) is 29.4 Å². The number of nitrogens with one attached hydrogen (secondary N) is 2. The van der Waals surface area contributed by atoms with Crippen LogP contribution in [-0.2, 0) is 39.9 Å². The number of para-hydroxylation sites is 1. The molecule has 3 aromatic rings. The second kappa shape index (κ2) is 18.1. The van der Waals surface area contributed by atoms with E-state index in [4.69, 9.17) is 14.2 Å². The highest BCUT2D eigenvalue weighted by Crippen LogP contribution is 2.67. The van der Waals surface area contributed by atoms with Crippen LogP contribution in [0.3, 0.4) is 0 Å². The number of carbonyl (C=O) groups is 5. The minimum absolute atomic E-state index is 0.00625. The zero-order valence-electron chi connectivity index (χ0n) is 38.7. The van der Waals surface area contributed by atoms with E-state index >= 15 is 4.79 Å². The van der Waals surface area contributed by atoms with Crippen LogP contribution in [0.5, 0.6) is 0 Å². The number of nitrogens with zero attached hydrogens (tertiary/aromatic N) is 1. The number of aromatic amines is 1. The minimum Gasteiger partial charge on any atom is -0.459 e. The van der Waals surface area contributed by atoms with Crippen LogP contribution >= 0.6 is 0 Å². The van der Waals surface area contributed by atoms with Gasteiger partial charge in [0, 0.05) is 50.2 Å². The van der Waals surface area contributed by atoms with E-state index in [1.54, 1.807) is 25.7 Å². The van der Waals surface area contributed by atoms with Gasteiger partial charge in [0.25, 0.3) is 5.91 Å². The lowest BCUT2D eigenvalue weighted by Gasteiger charge is -2.61. The third kappa shape index (κ3) is 9.52. The summed E-state index contributed by atoms with van der Waals surface area (Å²) in [6.45, 7) is 13.6. The number of benzene rings is 2. The van der Waals surface area contributed by atoms with E-state index in [-0.39, 0.29) is 49.1 Å². The Kier molecular flexibility index (Phi) is 13.3. The number of hydrogen-bond acceptors (Lipinski definition) is 10. The average molecular weight is 882 g/mol. The SMILES string of the molecule is CC(=O)O[C@H]1C[C@]2(C)[C@H]3CC[C@@]4(C)C(=C3C[C@@H](N(CC(=O)NCc3ccccc3)C(=O)c3cc5ccccc5[nH]3)[C@@H]2C[C@H]1OC(C)=O)CC[C@@H]4[C@@](C)(O)[C@@H](CCC(C)(C)O)OC(C)=O. The summed E-state index contributed by atoms with van der Waals surface area (Å²) in [5.74, 6) is -2.74. The van der Waals surface area contributed by atoms with Crippen molar-refractivity contribution in [3.8, 4) is 0 Å². The van der Waals surface area contributed by atoms with Gasteiger partial charge in [-0.05, 0) is 119 Å². The number of carbonyl (C=O) groups excluding carboxylic acids is 5. The number of hydrogen-bond donors (Lipinski definition) is 4. The Morgan fingerprint density at radius 2 is 1.58 bits per heavy atom. The second-order valence-corrected chi connectivity index (χ2v) is 20.4. The van der Waals surface area contributed by atoms with Gasteiger partial charge in [0.05, 0.1) is 5.60 Å². The fourth-order valence-electron chi connectivity index (χ4n) is 12.5. The maximum Gasteiger partial charge on any atom is 0.303 e. The van der Waals surface area contributed by atoms with Crippen LogP contribution in [-0.4, -0.2) is 91.9 Å². The maximum atomic E-state index is 15.3. The molecule has 346 valence electrons. The Labute approximate surface area is 376 Å². The van der Waals surface area contributed by atoms with Crippen molar-refractivity contribution in [1.82, 2.24) is 15.2 Å². The maximum absolute atomic E-state index is 15.3. The normalized spacial score (nSPS) is 29.0. The molecule has 0 bridgehead atoms. The highest BCUT2D eigenvalue weighted by Gasteiger charge is 2.63. The van der Waals surface area contributed by atoms with Gasteiger partial charge in [0.1, 0.15) is 36.2 Å². The molecule has 13 nitrogen and oxygen atoms in total. The molecule has 3 fully saturated rings. The summed E-state index contributed by atoms with van der Waals surface area (Å²) in [4.78, 5) is 72.3. The topological polar surface area (TPSA) is 185 Å². The second-order valence-electron chi connectivity index (χ2n) is 20.4. The number of H-pyrrole nitrogens is 1. The zero-order chi connectivity index (χ0) is 46.4. The Balaban J connectivity index is 1.34. The third-order valence-electron chi connectivity index (χ3n) is 15.4. The molecule has 0 unspecified atom stereocenters. The van der Waals surface area contributed by atoms with Gasteiger partial charge >= 0.3 is 17.9 Å². The van der Waals surface area contributed by atoms with Crippen LogP contribution in [0.4, 0.5) is 0 Å². The van der Waals surface area contributed by atoms with Crippen LogP contribution in [0.15, 0.2) is 71.8 Å². The summed E-state index contributed by atoms with van der Waals surface area (Å²) in [5, 5.41) is 27.2. The smallest absolute Gasteiger partial charge is 0.303 e. The Morgan fingerprint density at radius 1 is 0.906 bits per heavy atom. The Hall–Kier alpha value is -5.01. The van der Waals surface area contributed by atoms with Gasteiger partial charge in [0.2, 0.25) is 5.91 Å². The molecule has 10 atom stereocenters. The van der Waals surface area contributed by atoms with Crippen molar-refractivity contribution in [1.29, 1.82) is 0 Å². The molecule has 64 heavy (non-hydrogen) atoms. The molecule has 2 aromatic carbocycles. The minimum atomic E-state index is -1.45. The molecule has 1 aromatic heterocycles. The number of allylic oxidation sites excluding steroid dienone is 1. The first-order valence-corrected chi connectivity index (χ1v) is 23.0. The average Bonchev–Trinajstić information content (AvgIpc) is 3.82. The standard InChI is InChI=1S/C51H67N3O10/c1-30(55)62-42-26-38-41(54(29-46(58)52-28-33-14-10-9-11-15-33)47(59)40-24-34-16-12-13-17-39(34)53-40)25-35-36-18-19-44(51(8,61)45(64-32(3)57)21-22-48(4,5)60)49(36,6)23-20-37(35)50(38,7)27-43(42)63-31(2)56/h9-17,24,37-38,41-45,53,60-61H,18-23,25-29H2,1-8H3,(H,52,58)/t37-,38-,41+,42+,43-,44-,45+,49-,50+,51+/m0/s1. The van der Waals surface area contributed by atoms with E-state index in [0.29, 0.717) is 44.2 Å². The fourth-order valence-corrected chi connectivity index (χ4v) is 12.5. The zero-order valence-corrected chi connectivity index (χ0v) is 38.7. The lowest BCUT2D eigenvalue weighted by molar-refractivity contribution is -0.188. The Morgan fingerprint density at radius 3 is 2.23 bits per heavy atom. The van der Waals surface area contributed by atoms with Gasteiger partial charge < -0.3 is 39.6 Å². The van der Waals surface area contributed by atoms with Crippen LogP contribution in [0, 0.1) is 28.6 Å². The van der Waals surface area contributed by atoms with Crippen molar-refractivity contribution in [3.63, 3.8) is 0 Å². The van der Waals surface area contributed by atoms with Crippen LogP contribution in [0.1, 0.15) is 129 Å². The molecular weight excluding hydrogens is 815 g/mol. The van der Waals surface area contributed by atoms with Crippen molar-refractivity contribution < 1.29 is 48.4 Å².